The first-order valence-electron chi connectivity index (χ1n) is 7.70. The van der Waals surface area contributed by atoms with Gasteiger partial charge in [0, 0.05) is 25.2 Å². The van der Waals surface area contributed by atoms with Gasteiger partial charge < -0.3 is 9.64 Å². The van der Waals surface area contributed by atoms with Crippen LogP contribution in [0.2, 0.25) is 0 Å². The molecule has 0 atom stereocenters. The molecule has 0 unspecified atom stereocenters. The van der Waals surface area contributed by atoms with Crippen molar-refractivity contribution in [2.75, 3.05) is 25.1 Å². The molecule has 0 amide bonds. The second-order valence-electron chi connectivity index (χ2n) is 5.48. The zero-order chi connectivity index (χ0) is 16.1. The number of hydrogen-bond acceptors (Lipinski definition) is 5. The standard InChI is InChI=1S/C18H20N4O/c1-14-6-3-4-7-17(14)23-11-5-10-22(2)18-15-8-9-19-12-16(15)20-13-21-18/h3-4,6-9,12-13H,5,10-11H2,1-2H3. The van der Waals surface area contributed by atoms with Crippen LogP contribution in [-0.2, 0) is 0 Å². The van der Waals surface area contributed by atoms with E-state index in [1.165, 1.54) is 0 Å². The topological polar surface area (TPSA) is 51.1 Å². The molecule has 118 valence electrons. The van der Waals surface area contributed by atoms with Crippen LogP contribution < -0.4 is 9.64 Å². The lowest BCUT2D eigenvalue weighted by Crippen LogP contribution is -2.22. The van der Waals surface area contributed by atoms with Gasteiger partial charge in [0.15, 0.2) is 0 Å². The maximum absolute atomic E-state index is 5.84. The van der Waals surface area contributed by atoms with E-state index >= 15 is 0 Å². The molecular formula is C18H20N4O. The highest BCUT2D eigenvalue weighted by Crippen LogP contribution is 2.21. The van der Waals surface area contributed by atoms with Crippen LogP contribution in [0.15, 0.2) is 49.1 Å². The molecule has 23 heavy (non-hydrogen) atoms. The summed E-state index contributed by atoms with van der Waals surface area (Å²) in [6.45, 7) is 3.60. The predicted octanol–water partition coefficient (Wildman–Crippen LogP) is 3.24. The summed E-state index contributed by atoms with van der Waals surface area (Å²) in [5, 5.41) is 1.02. The van der Waals surface area contributed by atoms with Crippen LogP contribution in [-0.4, -0.2) is 35.2 Å². The molecule has 2 heterocycles. The van der Waals surface area contributed by atoms with Gasteiger partial charge in [-0.25, -0.2) is 9.97 Å². The van der Waals surface area contributed by atoms with E-state index in [1.54, 1.807) is 18.7 Å². The number of rotatable bonds is 6. The van der Waals surface area contributed by atoms with Crippen molar-refractivity contribution in [2.45, 2.75) is 13.3 Å². The Morgan fingerprint density at radius 3 is 2.87 bits per heavy atom. The van der Waals surface area contributed by atoms with Gasteiger partial charge in [0.2, 0.25) is 0 Å². The van der Waals surface area contributed by atoms with Crippen LogP contribution in [0.3, 0.4) is 0 Å². The van der Waals surface area contributed by atoms with E-state index in [-0.39, 0.29) is 0 Å². The lowest BCUT2D eigenvalue weighted by Gasteiger charge is -2.19. The van der Waals surface area contributed by atoms with Crippen molar-refractivity contribution in [3.8, 4) is 5.75 Å². The number of benzene rings is 1. The van der Waals surface area contributed by atoms with E-state index in [1.807, 2.05) is 31.3 Å². The number of para-hydroxylation sites is 1. The van der Waals surface area contributed by atoms with Crippen LogP contribution in [0, 0.1) is 6.92 Å². The summed E-state index contributed by atoms with van der Waals surface area (Å²) >= 11 is 0. The van der Waals surface area contributed by atoms with Crippen LogP contribution in [0.1, 0.15) is 12.0 Å². The summed E-state index contributed by atoms with van der Waals surface area (Å²) in [7, 11) is 2.04. The Morgan fingerprint density at radius 2 is 2.00 bits per heavy atom. The normalized spacial score (nSPS) is 10.7. The number of anilines is 1. The third-order valence-corrected chi connectivity index (χ3v) is 3.77. The molecule has 3 rings (SSSR count). The zero-order valence-electron chi connectivity index (χ0n) is 13.4. The van der Waals surface area contributed by atoms with Gasteiger partial charge in [-0.2, -0.15) is 0 Å². The third kappa shape index (κ3) is 3.56. The highest BCUT2D eigenvalue weighted by atomic mass is 16.5. The number of fused-ring (bicyclic) bond motifs is 1. The second-order valence-corrected chi connectivity index (χ2v) is 5.48. The van der Waals surface area contributed by atoms with Gasteiger partial charge in [-0.3, -0.25) is 4.98 Å². The molecule has 5 nitrogen and oxygen atoms in total. The summed E-state index contributed by atoms with van der Waals surface area (Å²) in [4.78, 5) is 14.9. The van der Waals surface area contributed by atoms with Crippen molar-refractivity contribution in [1.82, 2.24) is 15.0 Å². The molecule has 5 heteroatoms. The SMILES string of the molecule is Cc1ccccc1OCCCN(C)c1ncnc2cnccc12. The first-order valence-corrected chi connectivity index (χ1v) is 7.70. The average Bonchev–Trinajstić information content (AvgIpc) is 2.59. The molecular weight excluding hydrogens is 288 g/mol. The van der Waals surface area contributed by atoms with Crippen molar-refractivity contribution in [3.05, 3.63) is 54.6 Å². The molecule has 0 aliphatic carbocycles. The molecule has 1 aromatic carbocycles. The van der Waals surface area contributed by atoms with E-state index in [2.05, 4.69) is 32.8 Å². The van der Waals surface area contributed by atoms with Crippen molar-refractivity contribution < 1.29 is 4.74 Å². The van der Waals surface area contributed by atoms with Gasteiger partial charge in [-0.05, 0) is 31.0 Å². The highest BCUT2D eigenvalue weighted by Gasteiger charge is 2.08. The number of pyridine rings is 1. The molecule has 0 saturated carbocycles. The molecule has 0 fully saturated rings. The molecule has 0 bridgehead atoms. The Morgan fingerprint density at radius 1 is 1.13 bits per heavy atom. The summed E-state index contributed by atoms with van der Waals surface area (Å²) in [5.41, 5.74) is 2.02. The van der Waals surface area contributed by atoms with E-state index in [0.717, 1.165) is 41.0 Å². The van der Waals surface area contributed by atoms with Gasteiger partial charge in [0.05, 0.1) is 18.3 Å². The second kappa shape index (κ2) is 7.05. The van der Waals surface area contributed by atoms with Crippen LogP contribution in [0.5, 0.6) is 5.75 Å². The number of ether oxygens (including phenoxy) is 1. The Hall–Kier alpha value is -2.69. The quantitative estimate of drug-likeness (QED) is 0.654. The first kappa shape index (κ1) is 15.2. The lowest BCUT2D eigenvalue weighted by molar-refractivity contribution is 0.310. The van der Waals surface area contributed by atoms with E-state index in [4.69, 9.17) is 4.74 Å². The van der Waals surface area contributed by atoms with Crippen LogP contribution >= 0.6 is 0 Å². The van der Waals surface area contributed by atoms with Gasteiger partial charge in [-0.15, -0.1) is 0 Å². The Balaban J connectivity index is 1.59. The van der Waals surface area contributed by atoms with Crippen LogP contribution in [0.4, 0.5) is 5.82 Å². The minimum Gasteiger partial charge on any atom is -0.493 e. The Kier molecular flexibility index (Phi) is 4.66. The fraction of sp³-hybridized carbons (Fsp3) is 0.278. The van der Waals surface area contributed by atoms with Gasteiger partial charge >= 0.3 is 0 Å². The molecule has 3 aromatic rings. The fourth-order valence-electron chi connectivity index (χ4n) is 2.51. The average molecular weight is 308 g/mol. The molecule has 0 aliphatic rings. The van der Waals surface area contributed by atoms with Gasteiger partial charge in [-0.1, -0.05) is 18.2 Å². The van der Waals surface area contributed by atoms with Gasteiger partial charge in [0.25, 0.3) is 0 Å². The molecule has 0 spiro atoms. The Labute approximate surface area is 136 Å². The largest absolute Gasteiger partial charge is 0.493 e. The van der Waals surface area contributed by atoms with Crippen molar-refractivity contribution in [3.63, 3.8) is 0 Å². The first-order chi connectivity index (χ1) is 11.3. The van der Waals surface area contributed by atoms with Crippen molar-refractivity contribution >= 4 is 16.7 Å². The van der Waals surface area contributed by atoms with Crippen molar-refractivity contribution in [2.24, 2.45) is 0 Å². The molecule has 0 saturated heterocycles. The maximum Gasteiger partial charge on any atom is 0.139 e. The summed E-state index contributed by atoms with van der Waals surface area (Å²) < 4.78 is 5.84. The summed E-state index contributed by atoms with van der Waals surface area (Å²) in [5.74, 6) is 1.88. The van der Waals surface area contributed by atoms with Crippen LogP contribution in [0.25, 0.3) is 10.9 Å². The minimum absolute atomic E-state index is 0.680. The fourth-order valence-corrected chi connectivity index (χ4v) is 2.51. The summed E-state index contributed by atoms with van der Waals surface area (Å²) in [6, 6.07) is 10.0. The lowest BCUT2D eigenvalue weighted by atomic mass is 10.2. The number of hydrogen-bond donors (Lipinski definition) is 0. The zero-order valence-corrected chi connectivity index (χ0v) is 13.4. The van der Waals surface area contributed by atoms with Crippen molar-refractivity contribution in [1.29, 1.82) is 0 Å². The maximum atomic E-state index is 5.84. The van der Waals surface area contributed by atoms with E-state index in [9.17, 15) is 0 Å². The van der Waals surface area contributed by atoms with E-state index in [0.29, 0.717) is 6.61 Å². The molecule has 0 aliphatic heterocycles. The molecule has 0 radical (unpaired) electrons. The minimum atomic E-state index is 0.680. The molecule has 0 N–H and O–H groups in total. The predicted molar refractivity (Wildman–Crippen MR) is 91.9 cm³/mol. The smallest absolute Gasteiger partial charge is 0.139 e. The highest BCUT2D eigenvalue weighted by molar-refractivity contribution is 5.88. The van der Waals surface area contributed by atoms with Gasteiger partial charge in [0.1, 0.15) is 17.9 Å². The number of aromatic nitrogens is 3. The number of aryl methyl sites for hydroxylation is 1. The van der Waals surface area contributed by atoms with E-state index < -0.39 is 0 Å². The molecule has 2 aromatic heterocycles. The summed E-state index contributed by atoms with van der Waals surface area (Å²) in [6.07, 6.45) is 6.03. The number of nitrogens with zero attached hydrogens (tertiary/aromatic N) is 4. The Bertz CT molecular complexity index is 785. The third-order valence-electron chi connectivity index (χ3n) is 3.77. The monoisotopic (exact) mass is 308 g/mol.